The van der Waals surface area contributed by atoms with E-state index in [4.69, 9.17) is 0 Å². The van der Waals surface area contributed by atoms with Crippen molar-refractivity contribution in [3.8, 4) is 11.5 Å². The van der Waals surface area contributed by atoms with Gasteiger partial charge in [0.15, 0.2) is 0 Å². The zero-order chi connectivity index (χ0) is 22.7. The van der Waals surface area contributed by atoms with Gasteiger partial charge in [-0.1, -0.05) is 53.6 Å². The molecule has 0 fully saturated rings. The Hall–Kier alpha value is -3.07. The number of aromatic amines is 2. The maximum Gasteiger partial charge on any atom is 0.209 e. The Balaban J connectivity index is 1.66. The SMILES string of the molecule is C[Si](C)(C)C#Cc1ccc(C(c2ccc[nH]2)c2ccc(C(=O)c3ccc(Br)cc3)[nH]2)cc1. The second-order valence-electron chi connectivity index (χ2n) is 8.84. The fraction of sp³-hybridized carbons (Fsp3) is 0.148. The summed E-state index contributed by atoms with van der Waals surface area (Å²) in [6.45, 7) is 6.73. The lowest BCUT2D eigenvalue weighted by atomic mass is 9.92. The van der Waals surface area contributed by atoms with Crippen LogP contribution >= 0.6 is 15.9 Å². The number of ketones is 1. The summed E-state index contributed by atoms with van der Waals surface area (Å²) < 4.78 is 0.950. The van der Waals surface area contributed by atoms with Crippen LogP contribution in [0.3, 0.4) is 0 Å². The smallest absolute Gasteiger partial charge is 0.209 e. The van der Waals surface area contributed by atoms with Crippen molar-refractivity contribution < 1.29 is 4.79 Å². The topological polar surface area (TPSA) is 48.6 Å². The van der Waals surface area contributed by atoms with Crippen molar-refractivity contribution in [2.45, 2.75) is 25.6 Å². The van der Waals surface area contributed by atoms with Crippen molar-refractivity contribution >= 4 is 29.8 Å². The highest BCUT2D eigenvalue weighted by molar-refractivity contribution is 9.10. The van der Waals surface area contributed by atoms with Crippen LogP contribution in [0.2, 0.25) is 19.6 Å². The molecular formula is C27H25BrN2OSi. The molecule has 0 amide bonds. The lowest BCUT2D eigenvalue weighted by Gasteiger charge is -2.15. The molecule has 0 spiro atoms. The van der Waals surface area contributed by atoms with E-state index in [0.717, 1.165) is 27.0 Å². The van der Waals surface area contributed by atoms with E-state index in [9.17, 15) is 4.79 Å². The second-order valence-corrected chi connectivity index (χ2v) is 14.5. The Labute approximate surface area is 198 Å². The summed E-state index contributed by atoms with van der Waals surface area (Å²) in [6.07, 6.45) is 1.92. The summed E-state index contributed by atoms with van der Waals surface area (Å²) in [5.74, 6) is 3.26. The number of nitrogens with one attached hydrogen (secondary N) is 2. The van der Waals surface area contributed by atoms with E-state index < -0.39 is 8.07 Å². The number of hydrogen-bond acceptors (Lipinski definition) is 1. The summed E-state index contributed by atoms with van der Waals surface area (Å²) >= 11 is 3.42. The van der Waals surface area contributed by atoms with E-state index in [2.05, 4.69) is 87.3 Å². The quantitative estimate of drug-likeness (QED) is 0.178. The monoisotopic (exact) mass is 500 g/mol. The molecule has 1 atom stereocenters. The first-order chi connectivity index (χ1) is 15.3. The van der Waals surface area contributed by atoms with Gasteiger partial charge in [0, 0.05) is 33.2 Å². The van der Waals surface area contributed by atoms with Crippen LogP contribution in [0.4, 0.5) is 0 Å². The molecule has 0 bridgehead atoms. The molecular weight excluding hydrogens is 476 g/mol. The lowest BCUT2D eigenvalue weighted by Crippen LogP contribution is -2.16. The summed E-state index contributed by atoms with van der Waals surface area (Å²) in [5, 5.41) is 0. The first-order valence-electron chi connectivity index (χ1n) is 10.6. The van der Waals surface area contributed by atoms with Gasteiger partial charge in [0.05, 0.1) is 11.6 Å². The Bertz CT molecular complexity index is 1270. The van der Waals surface area contributed by atoms with Crippen molar-refractivity contribution in [2.75, 3.05) is 0 Å². The van der Waals surface area contributed by atoms with Crippen LogP contribution in [0.25, 0.3) is 0 Å². The third-order valence-electron chi connectivity index (χ3n) is 5.13. The molecule has 5 heteroatoms. The van der Waals surface area contributed by atoms with Gasteiger partial charge in [0.2, 0.25) is 5.78 Å². The minimum atomic E-state index is -1.42. The fourth-order valence-electron chi connectivity index (χ4n) is 3.54. The highest BCUT2D eigenvalue weighted by Gasteiger charge is 2.21. The average molecular weight is 502 g/mol. The Morgan fingerprint density at radius 3 is 2.25 bits per heavy atom. The minimum absolute atomic E-state index is 0.0223. The number of halogens is 1. The highest BCUT2D eigenvalue weighted by Crippen LogP contribution is 2.31. The average Bonchev–Trinajstić information content (AvgIpc) is 3.46. The number of aromatic nitrogens is 2. The first kappa shape index (κ1) is 22.1. The molecule has 2 aromatic heterocycles. The van der Waals surface area contributed by atoms with Crippen molar-refractivity contribution in [3.63, 3.8) is 0 Å². The maximum atomic E-state index is 12.9. The fourth-order valence-corrected chi connectivity index (χ4v) is 4.32. The second kappa shape index (κ2) is 9.19. The van der Waals surface area contributed by atoms with Crippen LogP contribution in [0.1, 0.15) is 44.5 Å². The van der Waals surface area contributed by atoms with Gasteiger partial charge in [-0.05, 0) is 66.2 Å². The summed E-state index contributed by atoms with van der Waals surface area (Å²) in [7, 11) is -1.42. The molecule has 4 aromatic rings. The van der Waals surface area contributed by atoms with Gasteiger partial charge >= 0.3 is 0 Å². The predicted molar refractivity (Wildman–Crippen MR) is 137 cm³/mol. The Kier molecular flexibility index (Phi) is 6.36. The van der Waals surface area contributed by atoms with Crippen molar-refractivity contribution in [3.05, 3.63) is 117 Å². The minimum Gasteiger partial charge on any atom is -0.364 e. The first-order valence-corrected chi connectivity index (χ1v) is 14.8. The van der Waals surface area contributed by atoms with Gasteiger partial charge in [0.25, 0.3) is 0 Å². The van der Waals surface area contributed by atoms with Crippen LogP contribution in [0.15, 0.2) is 83.5 Å². The zero-order valence-electron chi connectivity index (χ0n) is 18.4. The Morgan fingerprint density at radius 1 is 0.906 bits per heavy atom. The largest absolute Gasteiger partial charge is 0.364 e. The molecule has 2 heterocycles. The highest BCUT2D eigenvalue weighted by atomic mass is 79.9. The Morgan fingerprint density at radius 2 is 1.62 bits per heavy atom. The number of carbonyl (C=O) groups is 1. The summed E-state index contributed by atoms with van der Waals surface area (Å²) in [6, 6.07) is 23.7. The van der Waals surface area contributed by atoms with Gasteiger partial charge in [-0.15, -0.1) is 5.54 Å². The van der Waals surface area contributed by atoms with Crippen molar-refractivity contribution in [1.82, 2.24) is 9.97 Å². The standard InChI is InChI=1S/C27H25BrN2OSi/c1-32(2,3)18-16-19-6-8-20(9-7-19)26(23-5-4-17-29-23)24-14-15-25(30-24)27(31)21-10-12-22(28)13-11-21/h4-15,17,26,29-30H,1-3H3. The summed E-state index contributed by atoms with van der Waals surface area (Å²) in [5.41, 5.74) is 8.85. The molecule has 2 aromatic carbocycles. The zero-order valence-corrected chi connectivity index (χ0v) is 21.0. The van der Waals surface area contributed by atoms with E-state index in [0.29, 0.717) is 11.3 Å². The van der Waals surface area contributed by atoms with Gasteiger partial charge in [-0.2, -0.15) is 0 Å². The molecule has 0 aliphatic rings. The third-order valence-corrected chi connectivity index (χ3v) is 6.53. The van der Waals surface area contributed by atoms with Crippen LogP contribution in [-0.4, -0.2) is 23.8 Å². The normalized spacial score (nSPS) is 12.1. The molecule has 4 rings (SSSR count). The molecule has 0 radical (unpaired) electrons. The molecule has 0 aliphatic heterocycles. The lowest BCUT2D eigenvalue weighted by molar-refractivity contribution is 0.103. The van der Waals surface area contributed by atoms with Gasteiger partial charge < -0.3 is 9.97 Å². The van der Waals surface area contributed by atoms with E-state index >= 15 is 0 Å². The van der Waals surface area contributed by atoms with Gasteiger partial charge in [-0.25, -0.2) is 0 Å². The number of hydrogen-bond donors (Lipinski definition) is 2. The molecule has 3 nitrogen and oxygen atoms in total. The number of benzene rings is 2. The number of rotatable bonds is 5. The number of carbonyl (C=O) groups excluding carboxylic acids is 1. The van der Waals surface area contributed by atoms with Crippen LogP contribution in [0.5, 0.6) is 0 Å². The van der Waals surface area contributed by atoms with E-state index in [1.807, 2.05) is 48.7 Å². The van der Waals surface area contributed by atoms with Crippen LogP contribution in [0, 0.1) is 11.5 Å². The number of H-pyrrole nitrogens is 2. The molecule has 0 aliphatic carbocycles. The summed E-state index contributed by atoms with van der Waals surface area (Å²) in [4.78, 5) is 19.7. The molecule has 2 N–H and O–H groups in total. The van der Waals surface area contributed by atoms with E-state index in [-0.39, 0.29) is 11.7 Å². The molecule has 160 valence electrons. The van der Waals surface area contributed by atoms with Crippen LogP contribution < -0.4 is 0 Å². The van der Waals surface area contributed by atoms with Gasteiger partial charge in [0.1, 0.15) is 8.07 Å². The maximum absolute atomic E-state index is 12.9. The molecule has 0 saturated carbocycles. The third kappa shape index (κ3) is 5.21. The predicted octanol–water partition coefficient (Wildman–Crippen LogP) is 6.75. The van der Waals surface area contributed by atoms with Crippen molar-refractivity contribution in [1.29, 1.82) is 0 Å². The molecule has 1 unspecified atom stereocenters. The molecule has 32 heavy (non-hydrogen) atoms. The van der Waals surface area contributed by atoms with Crippen molar-refractivity contribution in [2.24, 2.45) is 0 Å². The molecule has 0 saturated heterocycles. The van der Waals surface area contributed by atoms with E-state index in [1.165, 1.54) is 0 Å². The van der Waals surface area contributed by atoms with E-state index in [1.54, 1.807) is 0 Å². The van der Waals surface area contributed by atoms with Gasteiger partial charge in [-0.3, -0.25) is 4.79 Å². The van der Waals surface area contributed by atoms with Crippen LogP contribution in [-0.2, 0) is 0 Å².